The lowest BCUT2D eigenvalue weighted by Gasteiger charge is -2.35. The normalized spacial score (nSPS) is 16.0. The maximum absolute atomic E-state index is 13.2. The van der Waals surface area contributed by atoms with E-state index < -0.39 is 10.0 Å². The van der Waals surface area contributed by atoms with Gasteiger partial charge in [0.05, 0.1) is 5.52 Å². The van der Waals surface area contributed by atoms with E-state index in [1.54, 1.807) is 28.8 Å². The number of aromatic nitrogens is 3. The Balaban J connectivity index is 1.41. The predicted octanol–water partition coefficient (Wildman–Crippen LogP) is 3.28. The number of pyridine rings is 2. The molecule has 1 aliphatic rings. The van der Waals surface area contributed by atoms with Gasteiger partial charge in [-0.2, -0.15) is 4.31 Å². The summed E-state index contributed by atoms with van der Waals surface area (Å²) < 4.78 is 27.9. The van der Waals surface area contributed by atoms with Gasteiger partial charge in [0.25, 0.3) is 0 Å². The monoisotopic (exact) mass is 427 g/mol. The zero-order chi connectivity index (χ0) is 20.0. The minimum atomic E-state index is -3.59. The van der Waals surface area contributed by atoms with Crippen LogP contribution in [0, 0.1) is 0 Å². The summed E-state index contributed by atoms with van der Waals surface area (Å²) in [5.41, 5.74) is 2.45. The summed E-state index contributed by atoms with van der Waals surface area (Å²) in [4.78, 5) is 14.0. The lowest BCUT2D eigenvalue weighted by atomic mass is 10.1. The Bertz CT molecular complexity index is 1310. The highest BCUT2D eigenvalue weighted by molar-refractivity contribution is 7.89. The first kappa shape index (κ1) is 18.4. The molecule has 1 fully saturated rings. The van der Waals surface area contributed by atoms with Gasteiger partial charge in [-0.05, 0) is 36.4 Å². The van der Waals surface area contributed by atoms with Crippen LogP contribution >= 0.6 is 11.6 Å². The number of sulfonamides is 1. The highest BCUT2D eigenvalue weighted by atomic mass is 35.5. The Morgan fingerprint density at radius 1 is 0.966 bits per heavy atom. The van der Waals surface area contributed by atoms with E-state index in [0.29, 0.717) is 42.2 Å². The molecule has 1 aromatic carbocycles. The molecule has 0 aliphatic carbocycles. The van der Waals surface area contributed by atoms with E-state index in [-0.39, 0.29) is 4.90 Å². The number of benzene rings is 1. The molecular formula is C20H18ClN5O2S. The number of hydrogen-bond donors (Lipinski definition) is 1. The van der Waals surface area contributed by atoms with E-state index in [1.807, 2.05) is 24.3 Å². The van der Waals surface area contributed by atoms with Crippen molar-refractivity contribution >= 4 is 49.2 Å². The predicted molar refractivity (Wildman–Crippen MR) is 114 cm³/mol. The first-order valence-corrected chi connectivity index (χ1v) is 11.1. The quantitative estimate of drug-likeness (QED) is 0.542. The third kappa shape index (κ3) is 3.13. The molecule has 29 heavy (non-hydrogen) atoms. The largest absolute Gasteiger partial charge is 0.368 e. The smallest absolute Gasteiger partial charge is 0.245 e. The Morgan fingerprint density at radius 3 is 2.62 bits per heavy atom. The molecule has 0 amide bonds. The van der Waals surface area contributed by atoms with E-state index in [1.165, 1.54) is 6.20 Å². The number of nitrogens with one attached hydrogen (secondary N) is 1. The van der Waals surface area contributed by atoms with Crippen LogP contribution in [0.2, 0.25) is 5.02 Å². The van der Waals surface area contributed by atoms with E-state index >= 15 is 0 Å². The van der Waals surface area contributed by atoms with E-state index in [9.17, 15) is 8.42 Å². The highest BCUT2D eigenvalue weighted by Gasteiger charge is 2.31. The zero-order valence-corrected chi connectivity index (χ0v) is 17.0. The summed E-state index contributed by atoms with van der Waals surface area (Å²) in [5.74, 6) is 0. The fourth-order valence-electron chi connectivity index (χ4n) is 3.83. The van der Waals surface area contributed by atoms with Crippen LogP contribution in [-0.4, -0.2) is 53.9 Å². The molecule has 5 rings (SSSR count). The summed E-state index contributed by atoms with van der Waals surface area (Å²) >= 11 is 6.08. The Morgan fingerprint density at radius 2 is 1.79 bits per heavy atom. The van der Waals surface area contributed by atoms with Gasteiger partial charge in [0, 0.05) is 66.3 Å². The van der Waals surface area contributed by atoms with Crippen molar-refractivity contribution in [3.05, 3.63) is 60.0 Å². The van der Waals surface area contributed by atoms with Crippen molar-refractivity contribution in [3.63, 3.8) is 0 Å². The molecule has 0 spiro atoms. The summed E-state index contributed by atoms with van der Waals surface area (Å²) in [6.07, 6.45) is 4.93. The van der Waals surface area contributed by atoms with Gasteiger partial charge in [-0.15, -0.1) is 0 Å². The second-order valence-electron chi connectivity index (χ2n) is 6.94. The molecule has 0 bridgehead atoms. The van der Waals surface area contributed by atoms with Crippen LogP contribution in [-0.2, 0) is 10.0 Å². The number of piperazine rings is 1. The van der Waals surface area contributed by atoms with Gasteiger partial charge < -0.3 is 9.88 Å². The molecule has 7 nitrogen and oxygen atoms in total. The van der Waals surface area contributed by atoms with Crippen LogP contribution in [0.3, 0.4) is 0 Å². The van der Waals surface area contributed by atoms with E-state index in [2.05, 4.69) is 19.9 Å². The summed E-state index contributed by atoms with van der Waals surface area (Å²) in [6.45, 7) is 2.02. The molecule has 4 heterocycles. The molecule has 3 aromatic heterocycles. The minimum absolute atomic E-state index is 0.276. The lowest BCUT2D eigenvalue weighted by molar-refractivity contribution is 0.385. The number of aromatic amines is 1. The number of rotatable bonds is 3. The van der Waals surface area contributed by atoms with Gasteiger partial charge >= 0.3 is 0 Å². The standard InChI is InChI=1S/C20H18ClN5O2S/c21-14-3-4-15-17(12-14)22-7-5-18(15)25-8-10-26(11-9-25)29(27,28)19-13-24-20-16(19)2-1-6-23-20/h1-7,12-13H,8-11H2,(H,23,24). The van der Waals surface area contributed by atoms with Crippen molar-refractivity contribution < 1.29 is 8.42 Å². The molecule has 1 aliphatic heterocycles. The molecular weight excluding hydrogens is 410 g/mol. The zero-order valence-electron chi connectivity index (χ0n) is 15.4. The third-order valence-electron chi connectivity index (χ3n) is 5.29. The summed E-state index contributed by atoms with van der Waals surface area (Å²) in [5, 5.41) is 2.27. The first-order chi connectivity index (χ1) is 14.0. The fourth-order valence-corrected chi connectivity index (χ4v) is 5.57. The minimum Gasteiger partial charge on any atom is -0.368 e. The second kappa shape index (κ2) is 6.98. The van der Waals surface area contributed by atoms with Crippen LogP contribution < -0.4 is 4.90 Å². The summed E-state index contributed by atoms with van der Waals surface area (Å²) in [6, 6.07) is 11.1. The van der Waals surface area contributed by atoms with Crippen molar-refractivity contribution in [1.82, 2.24) is 19.3 Å². The Kier molecular flexibility index (Phi) is 4.42. The van der Waals surface area contributed by atoms with Crippen LogP contribution in [0.5, 0.6) is 0 Å². The Labute approximate surface area is 173 Å². The van der Waals surface area contributed by atoms with Crippen molar-refractivity contribution in [1.29, 1.82) is 0 Å². The van der Waals surface area contributed by atoms with Gasteiger partial charge in [-0.1, -0.05) is 11.6 Å². The van der Waals surface area contributed by atoms with Crippen LogP contribution in [0.25, 0.3) is 21.9 Å². The van der Waals surface area contributed by atoms with Crippen LogP contribution in [0.1, 0.15) is 0 Å². The molecule has 1 N–H and O–H groups in total. The molecule has 0 saturated carbocycles. The van der Waals surface area contributed by atoms with Crippen molar-refractivity contribution in [2.24, 2.45) is 0 Å². The van der Waals surface area contributed by atoms with Crippen LogP contribution in [0.4, 0.5) is 5.69 Å². The summed E-state index contributed by atoms with van der Waals surface area (Å²) in [7, 11) is -3.59. The molecule has 0 unspecified atom stereocenters. The van der Waals surface area contributed by atoms with Gasteiger partial charge in [0.2, 0.25) is 10.0 Å². The van der Waals surface area contributed by atoms with E-state index in [4.69, 9.17) is 11.6 Å². The first-order valence-electron chi connectivity index (χ1n) is 9.25. The average molecular weight is 428 g/mol. The van der Waals surface area contributed by atoms with Gasteiger partial charge in [-0.25, -0.2) is 13.4 Å². The molecule has 0 radical (unpaired) electrons. The molecule has 4 aromatic rings. The van der Waals surface area contributed by atoms with Crippen molar-refractivity contribution in [3.8, 4) is 0 Å². The van der Waals surface area contributed by atoms with Crippen molar-refractivity contribution in [2.45, 2.75) is 4.90 Å². The maximum Gasteiger partial charge on any atom is 0.245 e. The van der Waals surface area contributed by atoms with E-state index in [0.717, 1.165) is 16.6 Å². The number of H-pyrrole nitrogens is 1. The number of hydrogen-bond acceptors (Lipinski definition) is 5. The van der Waals surface area contributed by atoms with Gasteiger partial charge in [0.1, 0.15) is 10.5 Å². The number of anilines is 1. The fraction of sp³-hybridized carbons (Fsp3) is 0.200. The SMILES string of the molecule is O=S(=O)(c1c[nH]c2ncccc12)N1CCN(c2ccnc3cc(Cl)ccc23)CC1. The average Bonchev–Trinajstić information content (AvgIpc) is 3.18. The molecule has 0 atom stereocenters. The molecule has 148 valence electrons. The second-order valence-corrected chi connectivity index (χ2v) is 9.28. The molecule has 1 saturated heterocycles. The lowest BCUT2D eigenvalue weighted by Crippen LogP contribution is -2.48. The number of nitrogens with zero attached hydrogens (tertiary/aromatic N) is 4. The van der Waals surface area contributed by atoms with Crippen molar-refractivity contribution in [2.75, 3.05) is 31.1 Å². The topological polar surface area (TPSA) is 82.2 Å². The van der Waals surface area contributed by atoms with Gasteiger partial charge in [0.15, 0.2) is 0 Å². The highest BCUT2D eigenvalue weighted by Crippen LogP contribution is 2.30. The molecule has 9 heteroatoms. The number of halogens is 1. The third-order valence-corrected chi connectivity index (χ3v) is 7.47. The maximum atomic E-state index is 13.2. The van der Waals surface area contributed by atoms with Gasteiger partial charge in [-0.3, -0.25) is 4.98 Å². The Hall–Kier alpha value is -2.68. The number of fused-ring (bicyclic) bond motifs is 2. The van der Waals surface area contributed by atoms with Crippen LogP contribution in [0.15, 0.2) is 59.9 Å².